The van der Waals surface area contributed by atoms with E-state index in [9.17, 15) is 4.79 Å². The second-order valence-corrected chi connectivity index (χ2v) is 5.84. The van der Waals surface area contributed by atoms with Crippen LogP contribution in [0.25, 0.3) is 0 Å². The van der Waals surface area contributed by atoms with Gasteiger partial charge in [0.05, 0.1) is 17.4 Å². The fourth-order valence-corrected chi connectivity index (χ4v) is 2.87. The summed E-state index contributed by atoms with van der Waals surface area (Å²) in [6, 6.07) is 9.38. The second-order valence-electron chi connectivity index (χ2n) is 4.82. The van der Waals surface area contributed by atoms with Crippen LogP contribution in [0.2, 0.25) is 0 Å². The van der Waals surface area contributed by atoms with E-state index in [1.54, 1.807) is 6.07 Å². The third-order valence-corrected chi connectivity index (χ3v) is 4.15. The average molecular weight is 306 g/mol. The molecule has 1 rings (SSSR count). The van der Waals surface area contributed by atoms with Crippen LogP contribution in [0, 0.1) is 17.2 Å². The molecule has 0 saturated heterocycles. The van der Waals surface area contributed by atoms with Crippen LogP contribution in [0.4, 0.5) is 0 Å². The van der Waals surface area contributed by atoms with Crippen molar-refractivity contribution >= 4 is 17.7 Å². The zero-order chi connectivity index (χ0) is 15.5. The molecule has 1 aromatic rings. The molecule has 1 amide bonds. The van der Waals surface area contributed by atoms with Crippen LogP contribution in [0.15, 0.2) is 29.2 Å². The van der Waals surface area contributed by atoms with Gasteiger partial charge in [0.25, 0.3) is 5.91 Å². The largest absolute Gasteiger partial charge is 0.396 e. The summed E-state index contributed by atoms with van der Waals surface area (Å²) in [5.74, 6) is 0.519. The molecular formula is C16H22N2O2S. The van der Waals surface area contributed by atoms with Crippen LogP contribution in [0.3, 0.4) is 0 Å². The van der Waals surface area contributed by atoms with Crippen molar-refractivity contribution in [2.75, 3.05) is 18.9 Å². The normalized spacial score (nSPS) is 11.7. The lowest BCUT2D eigenvalue weighted by Crippen LogP contribution is -2.30. The molecule has 0 aliphatic rings. The average Bonchev–Trinajstić information content (AvgIpc) is 2.51. The summed E-state index contributed by atoms with van der Waals surface area (Å²) in [5.41, 5.74) is 0.608. The highest BCUT2D eigenvalue weighted by molar-refractivity contribution is 7.99. The molecule has 0 radical (unpaired) electrons. The first-order chi connectivity index (χ1) is 10.2. The molecule has 0 aliphatic carbocycles. The number of amides is 1. The molecule has 4 nitrogen and oxygen atoms in total. The van der Waals surface area contributed by atoms with Gasteiger partial charge in [-0.25, -0.2) is 0 Å². The number of hydrogen-bond donors (Lipinski definition) is 2. The monoisotopic (exact) mass is 306 g/mol. The molecule has 0 spiro atoms. The van der Waals surface area contributed by atoms with E-state index in [1.165, 1.54) is 11.8 Å². The predicted octanol–water partition coefficient (Wildman–Crippen LogP) is 2.83. The Hall–Kier alpha value is -1.51. The van der Waals surface area contributed by atoms with Crippen molar-refractivity contribution in [3.05, 3.63) is 29.8 Å². The maximum Gasteiger partial charge on any atom is 0.252 e. The molecule has 0 aliphatic heterocycles. The van der Waals surface area contributed by atoms with Crippen LogP contribution in [0.5, 0.6) is 0 Å². The first kappa shape index (κ1) is 17.5. The van der Waals surface area contributed by atoms with Gasteiger partial charge in [-0.1, -0.05) is 25.5 Å². The summed E-state index contributed by atoms with van der Waals surface area (Å²) in [4.78, 5) is 13.1. The first-order valence-corrected chi connectivity index (χ1v) is 8.19. The quantitative estimate of drug-likeness (QED) is 0.688. The minimum Gasteiger partial charge on any atom is -0.396 e. The molecule has 0 saturated carbocycles. The minimum absolute atomic E-state index is 0.116. The van der Waals surface area contributed by atoms with E-state index >= 15 is 0 Å². The van der Waals surface area contributed by atoms with Gasteiger partial charge in [0.2, 0.25) is 0 Å². The number of carbonyl (C=O) groups is 1. The Labute approximate surface area is 130 Å². The number of carbonyl (C=O) groups excluding carboxylic acids is 1. The minimum atomic E-state index is -0.116. The molecule has 0 aromatic heterocycles. The highest BCUT2D eigenvalue weighted by Crippen LogP contribution is 2.22. The van der Waals surface area contributed by atoms with Gasteiger partial charge >= 0.3 is 0 Å². The molecule has 1 atom stereocenters. The van der Waals surface area contributed by atoms with E-state index < -0.39 is 0 Å². The molecule has 2 N–H and O–H groups in total. The molecular weight excluding hydrogens is 284 g/mol. The predicted molar refractivity (Wildman–Crippen MR) is 85.2 cm³/mol. The van der Waals surface area contributed by atoms with E-state index in [0.29, 0.717) is 30.2 Å². The third-order valence-electron chi connectivity index (χ3n) is 3.21. The van der Waals surface area contributed by atoms with Gasteiger partial charge in [-0.05, 0) is 30.9 Å². The molecule has 0 bridgehead atoms. The van der Waals surface area contributed by atoms with E-state index in [4.69, 9.17) is 10.4 Å². The maximum absolute atomic E-state index is 12.3. The summed E-state index contributed by atoms with van der Waals surface area (Å²) in [6.07, 6.45) is 2.74. The number of nitriles is 1. The van der Waals surface area contributed by atoms with Gasteiger partial charge in [-0.3, -0.25) is 4.79 Å². The Kier molecular flexibility index (Phi) is 8.56. The molecule has 0 fully saturated rings. The molecule has 21 heavy (non-hydrogen) atoms. The molecule has 114 valence electrons. The Morgan fingerprint density at radius 2 is 2.19 bits per heavy atom. The number of nitrogens with zero attached hydrogens (tertiary/aromatic N) is 1. The number of hydrogen-bond acceptors (Lipinski definition) is 4. The molecule has 1 aromatic carbocycles. The van der Waals surface area contributed by atoms with Crippen LogP contribution < -0.4 is 5.32 Å². The van der Waals surface area contributed by atoms with Crippen molar-refractivity contribution in [1.29, 1.82) is 5.26 Å². The van der Waals surface area contributed by atoms with E-state index in [0.717, 1.165) is 17.7 Å². The number of benzene rings is 1. The van der Waals surface area contributed by atoms with Crippen LogP contribution >= 0.6 is 11.8 Å². The smallest absolute Gasteiger partial charge is 0.252 e. The van der Waals surface area contributed by atoms with Crippen molar-refractivity contribution in [3.8, 4) is 6.07 Å². The van der Waals surface area contributed by atoms with E-state index in [2.05, 4.69) is 18.3 Å². The standard InChI is InChI=1S/C16H22N2O2S/c1-2-5-13(8-10-19)12-18-16(20)14-6-3-4-7-15(14)21-11-9-17/h3-4,6-7,13,19H,2,5,8,10-12H2,1H3,(H,18,20). The Morgan fingerprint density at radius 3 is 2.86 bits per heavy atom. The SMILES string of the molecule is CCCC(CCO)CNC(=O)c1ccccc1SCC#N. The lowest BCUT2D eigenvalue weighted by atomic mass is 10.00. The number of thioether (sulfide) groups is 1. The molecule has 1 unspecified atom stereocenters. The first-order valence-electron chi connectivity index (χ1n) is 7.20. The summed E-state index contributed by atoms with van der Waals surface area (Å²) in [6.45, 7) is 2.82. The number of nitrogens with one attached hydrogen (secondary N) is 1. The van der Waals surface area contributed by atoms with Gasteiger partial charge < -0.3 is 10.4 Å². The van der Waals surface area contributed by atoms with Crippen molar-refractivity contribution in [2.24, 2.45) is 5.92 Å². The number of rotatable bonds is 9. The van der Waals surface area contributed by atoms with Crippen molar-refractivity contribution < 1.29 is 9.90 Å². The van der Waals surface area contributed by atoms with Crippen molar-refractivity contribution in [3.63, 3.8) is 0 Å². The molecule has 0 heterocycles. The number of aliphatic hydroxyl groups is 1. The zero-order valence-electron chi connectivity index (χ0n) is 12.3. The van der Waals surface area contributed by atoms with E-state index in [1.807, 2.05) is 18.2 Å². The van der Waals surface area contributed by atoms with Gasteiger partial charge in [-0.2, -0.15) is 5.26 Å². The Morgan fingerprint density at radius 1 is 1.43 bits per heavy atom. The topological polar surface area (TPSA) is 73.1 Å². The summed E-state index contributed by atoms with van der Waals surface area (Å²) >= 11 is 1.37. The fraction of sp³-hybridized carbons (Fsp3) is 0.500. The maximum atomic E-state index is 12.3. The van der Waals surface area contributed by atoms with Gasteiger partial charge in [-0.15, -0.1) is 11.8 Å². The summed E-state index contributed by atoms with van der Waals surface area (Å²) in [7, 11) is 0. The molecule has 5 heteroatoms. The lowest BCUT2D eigenvalue weighted by Gasteiger charge is -2.16. The highest BCUT2D eigenvalue weighted by atomic mass is 32.2. The van der Waals surface area contributed by atoms with Gasteiger partial charge in [0.1, 0.15) is 0 Å². The fourth-order valence-electron chi connectivity index (χ4n) is 2.16. The van der Waals surface area contributed by atoms with Crippen molar-refractivity contribution in [1.82, 2.24) is 5.32 Å². The van der Waals surface area contributed by atoms with Crippen molar-refractivity contribution in [2.45, 2.75) is 31.1 Å². The summed E-state index contributed by atoms with van der Waals surface area (Å²) in [5, 5.41) is 20.6. The van der Waals surface area contributed by atoms with Gasteiger partial charge in [0, 0.05) is 18.0 Å². The third kappa shape index (κ3) is 6.19. The second kappa shape index (κ2) is 10.3. The van der Waals surface area contributed by atoms with E-state index in [-0.39, 0.29) is 12.5 Å². The zero-order valence-corrected chi connectivity index (χ0v) is 13.2. The van der Waals surface area contributed by atoms with Crippen LogP contribution in [-0.2, 0) is 0 Å². The number of aliphatic hydroxyl groups excluding tert-OH is 1. The summed E-state index contributed by atoms with van der Waals surface area (Å²) < 4.78 is 0. The lowest BCUT2D eigenvalue weighted by molar-refractivity contribution is 0.0940. The van der Waals surface area contributed by atoms with Crippen LogP contribution in [0.1, 0.15) is 36.5 Å². The Balaban J connectivity index is 2.64. The van der Waals surface area contributed by atoms with Crippen LogP contribution in [-0.4, -0.2) is 29.9 Å². The highest BCUT2D eigenvalue weighted by Gasteiger charge is 2.13. The van der Waals surface area contributed by atoms with Gasteiger partial charge in [0.15, 0.2) is 0 Å². The Bertz CT molecular complexity index is 479.